The summed E-state index contributed by atoms with van der Waals surface area (Å²) in [5, 5.41) is 8.18. The predicted molar refractivity (Wildman–Crippen MR) is 140 cm³/mol. The molecular formula is C27H25N3O5S2. The third-order valence-electron chi connectivity index (χ3n) is 6.22. The van der Waals surface area contributed by atoms with Gasteiger partial charge in [0.15, 0.2) is 5.76 Å². The van der Waals surface area contributed by atoms with Crippen molar-refractivity contribution in [2.75, 3.05) is 20.3 Å². The molecule has 10 heteroatoms. The van der Waals surface area contributed by atoms with Gasteiger partial charge in [-0.2, -0.15) is 0 Å². The van der Waals surface area contributed by atoms with Crippen molar-refractivity contribution >= 4 is 21.4 Å². The number of aromatic nitrogens is 2. The van der Waals surface area contributed by atoms with Crippen LogP contribution in [-0.4, -0.2) is 38.7 Å². The minimum atomic E-state index is -3.80. The van der Waals surface area contributed by atoms with Gasteiger partial charge in [0.2, 0.25) is 10.0 Å². The van der Waals surface area contributed by atoms with Crippen LogP contribution in [0.5, 0.6) is 0 Å². The maximum Gasteiger partial charge on any atom is 0.274 e. The Balaban J connectivity index is 1.41. The number of sulfonamides is 1. The fourth-order valence-corrected chi connectivity index (χ4v) is 5.74. The number of ether oxygens (including phenoxy) is 2. The summed E-state index contributed by atoms with van der Waals surface area (Å²) < 4.78 is 40.7. The lowest BCUT2D eigenvalue weighted by Crippen LogP contribution is -2.35. The average molecular weight is 536 g/mol. The van der Waals surface area contributed by atoms with Crippen LogP contribution in [-0.2, 0) is 31.5 Å². The molecule has 0 atom stereocenters. The zero-order valence-corrected chi connectivity index (χ0v) is 21.8. The van der Waals surface area contributed by atoms with Crippen molar-refractivity contribution in [3.63, 3.8) is 0 Å². The van der Waals surface area contributed by atoms with E-state index in [2.05, 4.69) is 16.8 Å². The summed E-state index contributed by atoms with van der Waals surface area (Å²) in [4.78, 5) is 9.43. The van der Waals surface area contributed by atoms with Crippen LogP contribution >= 0.6 is 11.3 Å². The molecule has 0 amide bonds. The first-order valence-electron chi connectivity index (χ1n) is 11.6. The molecule has 1 fully saturated rings. The van der Waals surface area contributed by atoms with E-state index in [0.717, 1.165) is 29.1 Å². The number of hydrogen-bond acceptors (Lipinski definition) is 8. The first kappa shape index (κ1) is 25.3. The molecule has 0 aliphatic carbocycles. The van der Waals surface area contributed by atoms with Crippen molar-refractivity contribution in [3.8, 4) is 34.4 Å². The second-order valence-electron chi connectivity index (χ2n) is 8.57. The zero-order valence-electron chi connectivity index (χ0n) is 20.1. The van der Waals surface area contributed by atoms with E-state index in [1.54, 1.807) is 30.6 Å². The first-order valence-corrected chi connectivity index (χ1v) is 14.1. The second kappa shape index (κ2) is 10.6. The Morgan fingerprint density at radius 3 is 2.46 bits per heavy atom. The van der Waals surface area contributed by atoms with Crippen molar-refractivity contribution < 1.29 is 22.3 Å². The van der Waals surface area contributed by atoms with E-state index < -0.39 is 15.6 Å². The SMILES string of the molecule is COC1(c2nc(CC#Cc3nc(-c4ccccc4)c(-c4ccc(S(N)(=O)=O)cc4)o3)cs2)CCOCC1. The summed E-state index contributed by atoms with van der Waals surface area (Å²) in [5.41, 5.74) is 2.61. The van der Waals surface area contributed by atoms with E-state index in [4.69, 9.17) is 24.0 Å². The molecule has 3 heterocycles. The molecular weight excluding hydrogens is 510 g/mol. The number of methoxy groups -OCH3 is 1. The molecule has 2 aromatic heterocycles. The molecule has 190 valence electrons. The lowest BCUT2D eigenvalue weighted by molar-refractivity contribution is -0.0948. The van der Waals surface area contributed by atoms with Gasteiger partial charge in [0.05, 0.1) is 17.0 Å². The number of nitrogens with two attached hydrogens (primary N) is 1. The largest absolute Gasteiger partial charge is 0.429 e. The molecule has 1 saturated heterocycles. The lowest BCUT2D eigenvalue weighted by atomic mass is 9.95. The molecule has 0 unspecified atom stereocenters. The summed E-state index contributed by atoms with van der Waals surface area (Å²) in [6, 6.07) is 15.8. The van der Waals surface area contributed by atoms with Gasteiger partial charge >= 0.3 is 0 Å². The number of thiazole rings is 1. The molecule has 1 aliphatic heterocycles. The molecule has 0 bridgehead atoms. The summed E-state index contributed by atoms with van der Waals surface area (Å²) in [7, 11) is -2.07. The number of benzene rings is 2. The van der Waals surface area contributed by atoms with Crippen LogP contribution in [0.4, 0.5) is 0 Å². The van der Waals surface area contributed by atoms with E-state index in [1.165, 1.54) is 12.1 Å². The third kappa shape index (κ3) is 5.51. The quantitative estimate of drug-likeness (QED) is 0.365. The van der Waals surface area contributed by atoms with Crippen LogP contribution in [0.15, 0.2) is 69.3 Å². The van der Waals surface area contributed by atoms with Gasteiger partial charge in [-0.15, -0.1) is 11.3 Å². The highest BCUT2D eigenvalue weighted by Gasteiger charge is 2.37. The highest BCUT2D eigenvalue weighted by Crippen LogP contribution is 2.37. The van der Waals surface area contributed by atoms with Gasteiger partial charge < -0.3 is 13.9 Å². The second-order valence-corrected chi connectivity index (χ2v) is 11.0. The van der Waals surface area contributed by atoms with Gasteiger partial charge in [0.25, 0.3) is 5.89 Å². The summed E-state index contributed by atoms with van der Waals surface area (Å²) >= 11 is 1.58. The Morgan fingerprint density at radius 2 is 1.78 bits per heavy atom. The summed E-state index contributed by atoms with van der Waals surface area (Å²) in [6.07, 6.45) is 2.00. The molecule has 0 spiro atoms. The van der Waals surface area contributed by atoms with Gasteiger partial charge in [0, 0.05) is 49.7 Å². The van der Waals surface area contributed by atoms with Gasteiger partial charge in [0.1, 0.15) is 16.3 Å². The molecule has 2 N–H and O–H groups in total. The van der Waals surface area contributed by atoms with Crippen LogP contribution in [0.3, 0.4) is 0 Å². The van der Waals surface area contributed by atoms with Crippen molar-refractivity contribution in [1.82, 2.24) is 9.97 Å². The van der Waals surface area contributed by atoms with E-state index in [9.17, 15) is 8.42 Å². The fourth-order valence-electron chi connectivity index (χ4n) is 4.17. The van der Waals surface area contributed by atoms with Crippen molar-refractivity contribution in [2.24, 2.45) is 5.14 Å². The minimum absolute atomic E-state index is 0.0238. The Labute approximate surface area is 219 Å². The van der Waals surface area contributed by atoms with E-state index >= 15 is 0 Å². The van der Waals surface area contributed by atoms with Crippen molar-refractivity contribution in [2.45, 2.75) is 29.8 Å². The topological polar surface area (TPSA) is 118 Å². The van der Waals surface area contributed by atoms with Crippen LogP contribution in [0.1, 0.15) is 29.4 Å². The van der Waals surface area contributed by atoms with E-state index in [0.29, 0.717) is 36.7 Å². The predicted octanol–water partition coefficient (Wildman–Crippen LogP) is 4.36. The zero-order chi connectivity index (χ0) is 25.9. The molecule has 0 saturated carbocycles. The minimum Gasteiger partial charge on any atom is -0.429 e. The number of nitrogens with zero attached hydrogens (tertiary/aromatic N) is 2. The maximum absolute atomic E-state index is 11.6. The van der Waals surface area contributed by atoms with Crippen LogP contribution < -0.4 is 5.14 Å². The van der Waals surface area contributed by atoms with Gasteiger partial charge in [-0.05, 0) is 30.2 Å². The smallest absolute Gasteiger partial charge is 0.274 e. The molecule has 0 radical (unpaired) electrons. The number of oxazole rings is 1. The molecule has 4 aromatic rings. The number of rotatable bonds is 6. The fraction of sp³-hybridized carbons (Fsp3) is 0.259. The highest BCUT2D eigenvalue weighted by molar-refractivity contribution is 7.89. The normalized spacial score (nSPS) is 15.2. The number of primary sulfonamides is 1. The monoisotopic (exact) mass is 535 g/mol. The average Bonchev–Trinajstić information content (AvgIpc) is 3.57. The lowest BCUT2D eigenvalue weighted by Gasteiger charge is -2.33. The Bertz CT molecular complexity index is 1540. The first-order chi connectivity index (χ1) is 17.9. The molecule has 1 aliphatic rings. The van der Waals surface area contributed by atoms with Gasteiger partial charge in [-0.3, -0.25) is 0 Å². The standard InChI is InChI=1S/C27H25N3O5S2/c1-33-27(14-16-34-17-15-27)26-29-21(18-36-26)8-5-9-23-30-24(19-6-3-2-4-7-19)25(35-23)20-10-12-22(13-11-20)37(28,31)32/h2-4,6-7,10-13,18H,8,14-17H2,1H3,(H2,28,31,32). The van der Waals surface area contributed by atoms with E-state index in [1.807, 2.05) is 35.7 Å². The summed E-state index contributed by atoms with van der Waals surface area (Å²) in [6.45, 7) is 1.31. The van der Waals surface area contributed by atoms with Crippen LogP contribution in [0.25, 0.3) is 22.6 Å². The third-order valence-corrected chi connectivity index (χ3v) is 8.22. The van der Waals surface area contributed by atoms with E-state index in [-0.39, 0.29) is 10.8 Å². The van der Waals surface area contributed by atoms with Crippen molar-refractivity contribution in [1.29, 1.82) is 0 Å². The summed E-state index contributed by atoms with van der Waals surface area (Å²) in [5.74, 6) is 6.88. The van der Waals surface area contributed by atoms with Crippen LogP contribution in [0.2, 0.25) is 0 Å². The van der Waals surface area contributed by atoms with Crippen LogP contribution in [0, 0.1) is 11.8 Å². The molecule has 5 rings (SSSR count). The van der Waals surface area contributed by atoms with Gasteiger partial charge in [-0.25, -0.2) is 23.5 Å². The molecule has 37 heavy (non-hydrogen) atoms. The Morgan fingerprint density at radius 1 is 1.05 bits per heavy atom. The number of hydrogen-bond donors (Lipinski definition) is 1. The molecule has 8 nitrogen and oxygen atoms in total. The van der Waals surface area contributed by atoms with Crippen molar-refractivity contribution in [3.05, 3.63) is 76.6 Å². The Kier molecular flexibility index (Phi) is 7.24. The van der Waals surface area contributed by atoms with Gasteiger partial charge in [-0.1, -0.05) is 36.3 Å². The maximum atomic E-state index is 11.6. The Hall–Kier alpha value is -3.33. The highest BCUT2D eigenvalue weighted by atomic mass is 32.2. The molecule has 2 aromatic carbocycles.